The second-order valence-electron chi connectivity index (χ2n) is 9.52. The van der Waals surface area contributed by atoms with Crippen LogP contribution < -0.4 is 0 Å². The lowest BCUT2D eigenvalue weighted by Gasteiger charge is -2.21. The summed E-state index contributed by atoms with van der Waals surface area (Å²) in [6, 6.07) is 18.3. The van der Waals surface area contributed by atoms with E-state index < -0.39 is 0 Å². The minimum Gasteiger partial charge on any atom is -0.464 e. The Labute approximate surface area is 208 Å². The molecule has 4 aromatic rings. The summed E-state index contributed by atoms with van der Waals surface area (Å²) in [5, 5.41) is 9.49. The second kappa shape index (κ2) is 9.41. The zero-order valence-electron chi connectivity index (χ0n) is 19.7. The number of nitrogens with zero attached hydrogens (tertiary/aromatic N) is 4. The van der Waals surface area contributed by atoms with Crippen molar-refractivity contribution in [2.45, 2.75) is 56.4 Å². The van der Waals surface area contributed by atoms with Crippen LogP contribution in [0.15, 0.2) is 74.9 Å². The van der Waals surface area contributed by atoms with E-state index >= 15 is 0 Å². The number of benzene rings is 1. The average Bonchev–Trinajstić information content (AvgIpc) is 3.63. The van der Waals surface area contributed by atoms with E-state index in [1.54, 1.807) is 6.26 Å². The van der Waals surface area contributed by atoms with Crippen LogP contribution in [0.4, 0.5) is 0 Å². The lowest BCUT2D eigenvalue weighted by molar-refractivity contribution is -0.129. The molecule has 7 nitrogen and oxygen atoms in total. The molecule has 2 saturated carbocycles. The van der Waals surface area contributed by atoms with Gasteiger partial charge in [0.1, 0.15) is 11.5 Å². The molecule has 2 atom stereocenters. The first-order valence-corrected chi connectivity index (χ1v) is 13.2. The zero-order valence-corrected chi connectivity index (χ0v) is 20.5. The summed E-state index contributed by atoms with van der Waals surface area (Å²) in [5.41, 5.74) is 1.13. The molecule has 0 saturated heterocycles. The topological polar surface area (TPSA) is 77.3 Å². The summed E-state index contributed by atoms with van der Waals surface area (Å²) in [5.74, 6) is 4.89. The van der Waals surface area contributed by atoms with Gasteiger partial charge >= 0.3 is 0 Å². The zero-order chi connectivity index (χ0) is 23.8. The molecular formula is C27H28N4O3S. The van der Waals surface area contributed by atoms with Gasteiger partial charge in [-0.25, -0.2) is 0 Å². The number of rotatable bonds is 10. The van der Waals surface area contributed by atoms with Crippen LogP contribution in [0.5, 0.6) is 0 Å². The van der Waals surface area contributed by atoms with Crippen molar-refractivity contribution >= 4 is 17.7 Å². The Bertz CT molecular complexity index is 1290. The van der Waals surface area contributed by atoms with E-state index in [-0.39, 0.29) is 5.91 Å². The van der Waals surface area contributed by atoms with E-state index in [4.69, 9.17) is 8.83 Å². The van der Waals surface area contributed by atoms with Crippen molar-refractivity contribution in [1.29, 1.82) is 0 Å². The lowest BCUT2D eigenvalue weighted by atomic mass is 10.2. The van der Waals surface area contributed by atoms with Crippen molar-refractivity contribution in [3.63, 3.8) is 0 Å². The molecule has 0 bridgehead atoms. The highest BCUT2D eigenvalue weighted by Crippen LogP contribution is 2.47. The normalized spacial score (nSPS) is 19.1. The minimum atomic E-state index is 0.101. The third-order valence-corrected chi connectivity index (χ3v) is 7.71. The van der Waals surface area contributed by atoms with Gasteiger partial charge in [0.15, 0.2) is 10.9 Å². The predicted molar refractivity (Wildman–Crippen MR) is 133 cm³/mol. The van der Waals surface area contributed by atoms with E-state index in [0.717, 1.165) is 29.9 Å². The van der Waals surface area contributed by atoms with Crippen molar-refractivity contribution in [2.24, 2.45) is 5.92 Å². The van der Waals surface area contributed by atoms with Crippen LogP contribution >= 0.6 is 11.8 Å². The summed E-state index contributed by atoms with van der Waals surface area (Å²) < 4.78 is 13.7. The highest BCUT2D eigenvalue weighted by molar-refractivity contribution is 7.99. The molecule has 3 heterocycles. The third-order valence-electron chi connectivity index (χ3n) is 6.76. The van der Waals surface area contributed by atoms with Gasteiger partial charge in [0.05, 0.1) is 25.1 Å². The average molecular weight is 489 g/mol. The fraction of sp³-hybridized carbons (Fsp3) is 0.370. The van der Waals surface area contributed by atoms with Crippen molar-refractivity contribution in [1.82, 2.24) is 19.7 Å². The molecule has 0 aliphatic heterocycles. The Balaban J connectivity index is 1.17. The van der Waals surface area contributed by atoms with Crippen molar-refractivity contribution in [3.8, 4) is 11.6 Å². The van der Waals surface area contributed by atoms with Gasteiger partial charge < -0.3 is 13.7 Å². The molecule has 2 unspecified atom stereocenters. The molecule has 0 N–H and O–H groups in total. The van der Waals surface area contributed by atoms with E-state index in [0.29, 0.717) is 53.5 Å². The molecule has 6 rings (SSSR count). The monoisotopic (exact) mass is 488 g/mol. The van der Waals surface area contributed by atoms with Crippen molar-refractivity contribution < 1.29 is 13.6 Å². The maximum atomic E-state index is 13.3. The molecular weight excluding hydrogens is 460 g/mol. The summed E-state index contributed by atoms with van der Waals surface area (Å²) in [6.07, 6.45) is 4.93. The smallest absolute Gasteiger partial charge is 0.233 e. The van der Waals surface area contributed by atoms with Gasteiger partial charge in [-0.15, -0.1) is 10.2 Å². The van der Waals surface area contributed by atoms with E-state index in [1.165, 1.54) is 18.2 Å². The molecule has 180 valence electrons. The van der Waals surface area contributed by atoms with Gasteiger partial charge in [-0.3, -0.25) is 9.36 Å². The maximum Gasteiger partial charge on any atom is 0.233 e. The molecule has 3 aromatic heterocycles. The second-order valence-corrected chi connectivity index (χ2v) is 10.5. The quantitative estimate of drug-likeness (QED) is 0.271. The van der Waals surface area contributed by atoms with E-state index in [9.17, 15) is 4.79 Å². The Morgan fingerprint density at radius 2 is 1.94 bits per heavy atom. The Morgan fingerprint density at radius 1 is 1.11 bits per heavy atom. The summed E-state index contributed by atoms with van der Waals surface area (Å²) in [6.45, 7) is 3.37. The van der Waals surface area contributed by atoms with Crippen LogP contribution in [0.1, 0.15) is 49.2 Å². The fourth-order valence-electron chi connectivity index (χ4n) is 4.47. The molecule has 2 aliphatic rings. The number of aromatic nitrogens is 3. The van der Waals surface area contributed by atoms with Gasteiger partial charge in [0.2, 0.25) is 11.7 Å². The Morgan fingerprint density at radius 3 is 2.66 bits per heavy atom. The van der Waals surface area contributed by atoms with E-state index in [2.05, 4.69) is 35.3 Å². The van der Waals surface area contributed by atoms with Crippen LogP contribution in [0.3, 0.4) is 0 Å². The molecule has 2 fully saturated rings. The minimum absolute atomic E-state index is 0.101. The van der Waals surface area contributed by atoms with Gasteiger partial charge in [-0.2, -0.15) is 0 Å². The SMILES string of the molecule is CC1CC1c1ccc(CN(C(=O)CSc2nnc(-c3ccco3)n2Cc2ccccc2)C2CC2)o1. The van der Waals surface area contributed by atoms with Crippen LogP contribution in [0.2, 0.25) is 0 Å². The highest BCUT2D eigenvalue weighted by atomic mass is 32.2. The maximum absolute atomic E-state index is 13.3. The number of hydrogen-bond acceptors (Lipinski definition) is 6. The Kier molecular flexibility index (Phi) is 5.98. The van der Waals surface area contributed by atoms with Gasteiger partial charge in [0.25, 0.3) is 0 Å². The van der Waals surface area contributed by atoms with Crippen molar-refractivity contribution in [3.05, 3.63) is 77.9 Å². The summed E-state index contributed by atoms with van der Waals surface area (Å²) >= 11 is 1.42. The molecule has 35 heavy (non-hydrogen) atoms. The Hall–Kier alpha value is -3.26. The molecule has 2 aliphatic carbocycles. The molecule has 0 spiro atoms. The number of amides is 1. The van der Waals surface area contributed by atoms with Crippen LogP contribution in [0.25, 0.3) is 11.6 Å². The first-order chi connectivity index (χ1) is 17.2. The fourth-order valence-corrected chi connectivity index (χ4v) is 5.30. The number of carbonyl (C=O) groups excluding carboxylic acids is 1. The molecule has 1 amide bonds. The molecule has 1 aromatic carbocycles. The molecule has 0 radical (unpaired) electrons. The summed E-state index contributed by atoms with van der Waals surface area (Å²) in [4.78, 5) is 15.3. The van der Waals surface area contributed by atoms with E-state index in [1.807, 2.05) is 45.9 Å². The number of hydrogen-bond donors (Lipinski definition) is 0. The third kappa shape index (κ3) is 4.93. The van der Waals surface area contributed by atoms with Gasteiger partial charge in [-0.1, -0.05) is 49.0 Å². The van der Waals surface area contributed by atoms with Crippen LogP contribution in [-0.4, -0.2) is 37.4 Å². The van der Waals surface area contributed by atoms with Gasteiger partial charge in [-0.05, 0) is 55.0 Å². The largest absolute Gasteiger partial charge is 0.464 e. The standard InChI is InChI=1S/C27H28N4O3S/c1-18-14-22(18)23-12-11-21(34-23)16-30(20-9-10-20)25(32)17-35-27-29-28-26(24-8-5-13-33-24)31(27)15-19-6-3-2-4-7-19/h2-8,11-13,18,20,22H,9-10,14-17H2,1H3. The highest BCUT2D eigenvalue weighted by Gasteiger charge is 2.37. The number of furan rings is 2. The first kappa shape index (κ1) is 22.2. The number of carbonyl (C=O) groups is 1. The summed E-state index contributed by atoms with van der Waals surface area (Å²) in [7, 11) is 0. The molecule has 8 heteroatoms. The first-order valence-electron chi connectivity index (χ1n) is 12.2. The van der Waals surface area contributed by atoms with Gasteiger partial charge in [0, 0.05) is 12.0 Å². The predicted octanol–water partition coefficient (Wildman–Crippen LogP) is 5.59. The lowest BCUT2D eigenvalue weighted by Crippen LogP contribution is -2.33. The van der Waals surface area contributed by atoms with Crippen molar-refractivity contribution in [2.75, 3.05) is 5.75 Å². The van der Waals surface area contributed by atoms with Crippen LogP contribution in [-0.2, 0) is 17.9 Å². The number of thioether (sulfide) groups is 1. The van der Waals surface area contributed by atoms with Crippen LogP contribution in [0, 0.1) is 5.92 Å².